The molecule has 1 aliphatic heterocycles. The molecular formula is C42H54ClF3N2O3S2. The first-order valence-corrected chi connectivity index (χ1v) is 21.4. The quantitative estimate of drug-likeness (QED) is 0.138. The number of allylic oxidation sites excluding steroid dienone is 1. The summed E-state index contributed by atoms with van der Waals surface area (Å²) in [6.07, 6.45) is 8.24. The molecule has 5 nitrogen and oxygen atoms in total. The van der Waals surface area contributed by atoms with Gasteiger partial charge in [-0.1, -0.05) is 103 Å². The molecule has 0 saturated heterocycles. The van der Waals surface area contributed by atoms with E-state index in [1.165, 1.54) is 23.9 Å². The van der Waals surface area contributed by atoms with Gasteiger partial charge in [-0.15, -0.1) is 11.8 Å². The van der Waals surface area contributed by atoms with Crippen LogP contribution in [0.1, 0.15) is 109 Å². The Bertz CT molecular complexity index is 1840. The van der Waals surface area contributed by atoms with E-state index in [4.69, 9.17) is 21.3 Å². The lowest BCUT2D eigenvalue weighted by Gasteiger charge is -2.35. The molecule has 0 aliphatic carbocycles. The Morgan fingerprint density at radius 1 is 0.981 bits per heavy atom. The average molecular weight is 791 g/mol. The normalized spacial score (nSPS) is 17.9. The lowest BCUT2D eigenvalue weighted by Crippen LogP contribution is -2.27. The van der Waals surface area contributed by atoms with E-state index in [9.17, 15) is 12.8 Å². The number of hydrogen-bond acceptors (Lipinski definition) is 5. The van der Waals surface area contributed by atoms with Crippen molar-refractivity contribution in [1.29, 1.82) is 0 Å². The van der Waals surface area contributed by atoms with Crippen molar-refractivity contribution >= 4 is 38.4 Å². The molecule has 4 rings (SSSR count). The summed E-state index contributed by atoms with van der Waals surface area (Å²) in [5.74, 6) is -0.552. The Labute approximate surface area is 324 Å². The Morgan fingerprint density at radius 2 is 1.64 bits per heavy atom. The van der Waals surface area contributed by atoms with Crippen LogP contribution in [0.4, 0.5) is 13.2 Å². The second kappa shape index (κ2) is 19.2. The number of nitrogens with zero attached hydrogens (tertiary/aromatic N) is 1. The minimum Gasteiger partial charge on any atom is -0.495 e. The van der Waals surface area contributed by atoms with Crippen molar-refractivity contribution in [2.24, 2.45) is 22.7 Å². The van der Waals surface area contributed by atoms with Crippen LogP contribution in [0.5, 0.6) is 5.75 Å². The van der Waals surface area contributed by atoms with Gasteiger partial charge < -0.3 is 4.74 Å². The highest BCUT2D eigenvalue weighted by Gasteiger charge is 2.36. The first-order chi connectivity index (χ1) is 25.1. The van der Waals surface area contributed by atoms with E-state index in [1.54, 1.807) is 25.3 Å². The molecular weight excluding hydrogens is 737 g/mol. The van der Waals surface area contributed by atoms with Gasteiger partial charge in [0.05, 0.1) is 22.1 Å². The molecule has 1 aliphatic rings. The third-order valence-corrected chi connectivity index (χ3v) is 13.8. The van der Waals surface area contributed by atoms with Crippen molar-refractivity contribution in [2.75, 3.05) is 13.7 Å². The van der Waals surface area contributed by atoms with Crippen LogP contribution in [0.15, 0.2) is 76.3 Å². The van der Waals surface area contributed by atoms with E-state index in [-0.39, 0.29) is 35.5 Å². The molecule has 290 valence electrons. The molecule has 0 spiro atoms. The van der Waals surface area contributed by atoms with Crippen molar-refractivity contribution in [1.82, 2.24) is 4.72 Å². The van der Waals surface area contributed by atoms with Crippen LogP contribution in [0.25, 0.3) is 0 Å². The molecule has 53 heavy (non-hydrogen) atoms. The molecule has 3 aromatic rings. The van der Waals surface area contributed by atoms with Gasteiger partial charge in [0.2, 0.25) is 10.0 Å². The highest BCUT2D eigenvalue weighted by molar-refractivity contribution is 8.13. The summed E-state index contributed by atoms with van der Waals surface area (Å²) in [5, 5.41) is 1.15. The minimum atomic E-state index is -4.09. The third kappa shape index (κ3) is 11.1. The maximum absolute atomic E-state index is 15.4. The van der Waals surface area contributed by atoms with Crippen LogP contribution >= 0.6 is 23.4 Å². The molecule has 1 heterocycles. The van der Waals surface area contributed by atoms with Crippen LogP contribution in [0, 0.1) is 35.2 Å². The molecule has 0 bridgehead atoms. The molecule has 0 aromatic heterocycles. The predicted octanol–water partition coefficient (Wildman–Crippen LogP) is 12.0. The highest BCUT2D eigenvalue weighted by Crippen LogP contribution is 2.46. The monoisotopic (exact) mass is 790 g/mol. The fourth-order valence-corrected chi connectivity index (χ4v) is 9.30. The van der Waals surface area contributed by atoms with E-state index < -0.39 is 32.0 Å². The number of halogens is 4. The van der Waals surface area contributed by atoms with Gasteiger partial charge in [-0.2, -0.15) is 0 Å². The van der Waals surface area contributed by atoms with E-state index in [0.717, 1.165) is 60.9 Å². The molecule has 4 unspecified atom stereocenters. The van der Waals surface area contributed by atoms with Gasteiger partial charge in [0, 0.05) is 35.9 Å². The fraction of sp³-hybridized carbons (Fsp3) is 0.500. The Balaban J connectivity index is 1.49. The first-order valence-electron chi connectivity index (χ1n) is 18.6. The number of methoxy groups -OCH3 is 1. The maximum Gasteiger partial charge on any atom is 0.240 e. The SMILES string of the molecule is CCC(C)C(C)CCCCCCNS(=O)(=O)c1cc(F)c(CSC2=NC=C(C(C)(C)c3ccc(Cl)c(OC)c3)C(C)C(c3ccc(F)cc3)C2)c(F)c1. The van der Waals surface area contributed by atoms with Crippen molar-refractivity contribution < 1.29 is 26.3 Å². The summed E-state index contributed by atoms with van der Waals surface area (Å²) in [4.78, 5) is 4.41. The molecule has 0 fully saturated rings. The number of benzene rings is 3. The van der Waals surface area contributed by atoms with Crippen molar-refractivity contribution in [3.8, 4) is 5.75 Å². The number of aliphatic imine (C=N–C) groups is 1. The standard InChI is InChI=1S/C42H54ClF3N2O3S2/c1-8-27(2)28(3)13-11-9-10-12-20-48-53(49,50)33-22-38(45)35(39(46)23-33)26-52-41-24-34(30-14-17-32(44)18-15-30)29(4)36(25-47-41)42(5,6)31-16-19-37(43)40(21-31)51-7/h14-19,21-23,25,27-29,34,48H,8-13,20,24,26H2,1-7H3. The maximum atomic E-state index is 15.4. The third-order valence-electron chi connectivity index (χ3n) is 11.0. The van der Waals surface area contributed by atoms with Crippen molar-refractivity contribution in [3.05, 3.63) is 106 Å². The molecule has 3 aromatic carbocycles. The van der Waals surface area contributed by atoms with Gasteiger partial charge in [-0.25, -0.2) is 26.3 Å². The number of thioether (sulfide) groups is 1. The zero-order valence-corrected chi connectivity index (χ0v) is 34.3. The Morgan fingerprint density at radius 3 is 2.28 bits per heavy atom. The number of hydrogen-bond donors (Lipinski definition) is 1. The van der Waals surface area contributed by atoms with Gasteiger partial charge in [0.25, 0.3) is 0 Å². The summed E-state index contributed by atoms with van der Waals surface area (Å²) in [6.45, 7) is 13.3. The van der Waals surface area contributed by atoms with E-state index >= 15 is 8.78 Å². The van der Waals surface area contributed by atoms with E-state index in [2.05, 4.69) is 46.3 Å². The number of nitrogens with one attached hydrogen (secondary N) is 1. The highest BCUT2D eigenvalue weighted by atomic mass is 35.5. The van der Waals surface area contributed by atoms with Crippen LogP contribution < -0.4 is 9.46 Å². The second-order valence-corrected chi connectivity index (χ2v) is 18.1. The summed E-state index contributed by atoms with van der Waals surface area (Å²) in [6, 6.07) is 13.8. The molecule has 1 N–H and O–H groups in total. The number of ether oxygens (including phenoxy) is 1. The van der Waals surface area contributed by atoms with Gasteiger partial charge in [0.15, 0.2) is 0 Å². The zero-order chi connectivity index (χ0) is 38.9. The number of unbranched alkanes of at least 4 members (excludes halogenated alkanes) is 3. The fourth-order valence-electron chi connectivity index (χ4n) is 7.00. The summed E-state index contributed by atoms with van der Waals surface area (Å²) in [5.41, 5.74) is 2.16. The van der Waals surface area contributed by atoms with Crippen molar-refractivity contribution in [2.45, 2.75) is 108 Å². The van der Waals surface area contributed by atoms with Gasteiger partial charge >= 0.3 is 0 Å². The zero-order valence-electron chi connectivity index (χ0n) is 31.9. The Kier molecular flexibility index (Phi) is 15.5. The van der Waals surface area contributed by atoms with Crippen LogP contribution in [-0.2, 0) is 21.2 Å². The van der Waals surface area contributed by atoms with Gasteiger partial charge in [-0.05, 0) is 83.2 Å². The molecule has 11 heteroatoms. The largest absolute Gasteiger partial charge is 0.495 e. The van der Waals surface area contributed by atoms with Crippen LogP contribution in [-0.4, -0.2) is 27.1 Å². The Hall–Kier alpha value is -2.79. The van der Waals surface area contributed by atoms with Gasteiger partial charge in [-0.3, -0.25) is 4.99 Å². The summed E-state index contributed by atoms with van der Waals surface area (Å²) in [7, 11) is -2.52. The molecule has 0 saturated carbocycles. The molecule has 4 atom stereocenters. The molecule has 0 radical (unpaired) electrons. The average Bonchev–Trinajstić information content (AvgIpc) is 3.29. The minimum absolute atomic E-state index is 0.0530. The summed E-state index contributed by atoms with van der Waals surface area (Å²) >= 11 is 7.54. The second-order valence-electron chi connectivity index (χ2n) is 14.9. The van der Waals surface area contributed by atoms with Gasteiger partial charge in [0.1, 0.15) is 23.2 Å². The lowest BCUT2D eigenvalue weighted by atomic mass is 9.68. The van der Waals surface area contributed by atoms with Crippen LogP contribution in [0.3, 0.4) is 0 Å². The summed E-state index contributed by atoms with van der Waals surface area (Å²) < 4.78 is 78.8. The van der Waals surface area contributed by atoms with Crippen LogP contribution in [0.2, 0.25) is 5.02 Å². The smallest absolute Gasteiger partial charge is 0.240 e. The lowest BCUT2D eigenvalue weighted by molar-refractivity contribution is 0.342. The van der Waals surface area contributed by atoms with Crippen molar-refractivity contribution in [3.63, 3.8) is 0 Å². The number of sulfonamides is 1. The van der Waals surface area contributed by atoms with E-state index in [1.807, 2.05) is 18.3 Å². The topological polar surface area (TPSA) is 67.8 Å². The number of rotatable bonds is 17. The van der Waals surface area contributed by atoms with E-state index in [0.29, 0.717) is 40.5 Å². The molecule has 0 amide bonds. The first kappa shape index (κ1) is 42.9. The predicted molar refractivity (Wildman–Crippen MR) is 214 cm³/mol.